The lowest BCUT2D eigenvalue weighted by atomic mass is 9.89. The molecular weight excluding hydrogens is 294 g/mol. The van der Waals surface area contributed by atoms with Gasteiger partial charge in [-0.1, -0.05) is 78.6 Å². The number of amides is 1. The number of hydrogen-bond acceptors (Lipinski definition) is 1. The zero-order valence-corrected chi connectivity index (χ0v) is 16.8. The predicted octanol–water partition coefficient (Wildman–Crippen LogP) is 6.58. The van der Waals surface area contributed by atoms with Crippen molar-refractivity contribution in [2.75, 3.05) is 13.1 Å². The van der Waals surface area contributed by atoms with Crippen molar-refractivity contribution in [1.82, 2.24) is 4.90 Å². The first kappa shape index (κ1) is 21.5. The van der Waals surface area contributed by atoms with Gasteiger partial charge in [-0.2, -0.15) is 0 Å². The van der Waals surface area contributed by atoms with Crippen molar-refractivity contribution in [3.05, 3.63) is 0 Å². The maximum absolute atomic E-state index is 12.0. The normalized spacial score (nSPS) is 17.2. The van der Waals surface area contributed by atoms with Crippen LogP contribution in [0, 0.1) is 11.8 Å². The van der Waals surface area contributed by atoms with Crippen molar-refractivity contribution in [2.24, 2.45) is 11.8 Å². The molecule has 0 bridgehead atoms. The average molecular weight is 338 g/mol. The molecule has 0 aliphatic carbocycles. The predicted molar refractivity (Wildman–Crippen MR) is 105 cm³/mol. The molecule has 2 nitrogen and oxygen atoms in total. The Bertz CT molecular complexity index is 309. The summed E-state index contributed by atoms with van der Waals surface area (Å²) in [7, 11) is 0. The first-order valence-corrected chi connectivity index (χ1v) is 10.9. The Morgan fingerprint density at radius 3 is 1.96 bits per heavy atom. The molecule has 0 spiro atoms. The Morgan fingerprint density at radius 2 is 1.38 bits per heavy atom. The molecule has 0 aromatic heterocycles. The minimum absolute atomic E-state index is 0.401. The third-order valence-electron chi connectivity index (χ3n) is 5.65. The summed E-state index contributed by atoms with van der Waals surface area (Å²) in [5.41, 5.74) is 0. The van der Waals surface area contributed by atoms with Gasteiger partial charge in [0.1, 0.15) is 0 Å². The van der Waals surface area contributed by atoms with Gasteiger partial charge in [-0.25, -0.2) is 0 Å². The highest BCUT2D eigenvalue weighted by Gasteiger charge is 2.16. The monoisotopic (exact) mass is 337 g/mol. The van der Waals surface area contributed by atoms with Crippen molar-refractivity contribution < 1.29 is 4.79 Å². The number of likely N-dealkylation sites (tertiary alicyclic amines) is 1. The van der Waals surface area contributed by atoms with E-state index in [-0.39, 0.29) is 0 Å². The molecule has 1 aliphatic heterocycles. The number of rotatable bonds is 14. The van der Waals surface area contributed by atoms with Crippen LogP contribution in [0.1, 0.15) is 111 Å². The maximum Gasteiger partial charge on any atom is 0.222 e. The summed E-state index contributed by atoms with van der Waals surface area (Å²) >= 11 is 0. The summed E-state index contributed by atoms with van der Waals surface area (Å²) in [5.74, 6) is 2.17. The van der Waals surface area contributed by atoms with Crippen LogP contribution in [0.3, 0.4) is 0 Å². The van der Waals surface area contributed by atoms with E-state index in [0.29, 0.717) is 5.91 Å². The fraction of sp³-hybridized carbons (Fsp3) is 0.955. The lowest BCUT2D eigenvalue weighted by Gasteiger charge is -2.17. The Balaban J connectivity index is 1.91. The van der Waals surface area contributed by atoms with Crippen molar-refractivity contribution in [3.8, 4) is 0 Å². The molecule has 0 N–H and O–H groups in total. The molecule has 2 unspecified atom stereocenters. The van der Waals surface area contributed by atoms with Crippen LogP contribution in [0.5, 0.6) is 0 Å². The molecule has 1 heterocycles. The lowest BCUT2D eigenvalue weighted by molar-refractivity contribution is -0.130. The van der Waals surface area contributed by atoms with Gasteiger partial charge in [0.2, 0.25) is 5.91 Å². The van der Waals surface area contributed by atoms with Gasteiger partial charge in [0.05, 0.1) is 0 Å². The number of hydrogen-bond donors (Lipinski definition) is 0. The Morgan fingerprint density at radius 1 is 0.833 bits per heavy atom. The summed E-state index contributed by atoms with van der Waals surface area (Å²) in [6.07, 6.45) is 18.0. The van der Waals surface area contributed by atoms with Crippen molar-refractivity contribution in [3.63, 3.8) is 0 Å². The Hall–Kier alpha value is -0.530. The van der Waals surface area contributed by atoms with E-state index >= 15 is 0 Å². The largest absolute Gasteiger partial charge is 0.343 e. The molecule has 1 aliphatic rings. The van der Waals surface area contributed by atoms with E-state index in [1.807, 2.05) is 0 Å². The van der Waals surface area contributed by atoms with Crippen LogP contribution in [-0.4, -0.2) is 23.9 Å². The minimum Gasteiger partial charge on any atom is -0.343 e. The smallest absolute Gasteiger partial charge is 0.222 e. The van der Waals surface area contributed by atoms with Crippen LogP contribution in [0.4, 0.5) is 0 Å². The van der Waals surface area contributed by atoms with Gasteiger partial charge in [-0.15, -0.1) is 0 Å². The fourth-order valence-corrected chi connectivity index (χ4v) is 4.09. The van der Waals surface area contributed by atoms with Crippen LogP contribution in [0.15, 0.2) is 0 Å². The highest BCUT2D eigenvalue weighted by molar-refractivity contribution is 5.76. The Kier molecular flexibility index (Phi) is 12.3. The summed E-state index contributed by atoms with van der Waals surface area (Å²) in [5, 5.41) is 0. The quantitative estimate of drug-likeness (QED) is 0.328. The standard InChI is InChI=1S/C22H43NO/c1-4-5-6-9-14-20(2)19-21(3)15-10-7-8-11-16-22(24)23-17-12-13-18-23/h20-21H,4-19H2,1-3H3. The summed E-state index contributed by atoms with van der Waals surface area (Å²) in [6, 6.07) is 0. The van der Waals surface area contributed by atoms with E-state index in [9.17, 15) is 4.79 Å². The molecule has 0 radical (unpaired) electrons. The van der Waals surface area contributed by atoms with E-state index in [1.54, 1.807) is 0 Å². The molecule has 1 rings (SSSR count). The second-order valence-electron chi connectivity index (χ2n) is 8.34. The van der Waals surface area contributed by atoms with Crippen molar-refractivity contribution >= 4 is 5.91 Å². The van der Waals surface area contributed by atoms with Gasteiger partial charge in [0, 0.05) is 19.5 Å². The summed E-state index contributed by atoms with van der Waals surface area (Å²) < 4.78 is 0. The molecule has 1 saturated heterocycles. The van der Waals surface area contributed by atoms with E-state index in [2.05, 4.69) is 25.7 Å². The van der Waals surface area contributed by atoms with Gasteiger partial charge in [-0.3, -0.25) is 4.79 Å². The fourth-order valence-electron chi connectivity index (χ4n) is 4.09. The van der Waals surface area contributed by atoms with Gasteiger partial charge < -0.3 is 4.90 Å². The third-order valence-corrected chi connectivity index (χ3v) is 5.65. The van der Waals surface area contributed by atoms with Crippen LogP contribution in [-0.2, 0) is 4.79 Å². The van der Waals surface area contributed by atoms with Gasteiger partial charge >= 0.3 is 0 Å². The van der Waals surface area contributed by atoms with Gasteiger partial charge in [0.25, 0.3) is 0 Å². The Labute approximate surface area is 151 Å². The number of carbonyl (C=O) groups excluding carboxylic acids is 1. The van der Waals surface area contributed by atoms with Gasteiger partial charge in [0.15, 0.2) is 0 Å². The van der Waals surface area contributed by atoms with Crippen LogP contribution in [0.25, 0.3) is 0 Å². The molecular formula is C22H43NO. The number of nitrogens with zero attached hydrogens (tertiary/aromatic N) is 1. The van der Waals surface area contributed by atoms with E-state index < -0.39 is 0 Å². The van der Waals surface area contributed by atoms with Crippen molar-refractivity contribution in [1.29, 1.82) is 0 Å². The molecule has 142 valence electrons. The summed E-state index contributed by atoms with van der Waals surface area (Å²) in [4.78, 5) is 14.0. The molecule has 0 aromatic rings. The molecule has 1 amide bonds. The van der Waals surface area contributed by atoms with Crippen LogP contribution in [0.2, 0.25) is 0 Å². The first-order chi connectivity index (χ1) is 11.6. The number of unbranched alkanes of at least 4 members (excludes halogenated alkanes) is 6. The molecule has 2 heteroatoms. The van der Waals surface area contributed by atoms with Crippen LogP contribution >= 0.6 is 0 Å². The molecule has 2 atom stereocenters. The number of carbonyl (C=O) groups is 1. The SMILES string of the molecule is CCCCCCC(C)CC(C)CCCCCCC(=O)N1CCCC1. The van der Waals surface area contributed by atoms with E-state index in [0.717, 1.165) is 37.8 Å². The average Bonchev–Trinajstić information content (AvgIpc) is 3.09. The maximum atomic E-state index is 12.0. The molecule has 1 fully saturated rings. The van der Waals surface area contributed by atoms with Crippen molar-refractivity contribution in [2.45, 2.75) is 111 Å². The first-order valence-electron chi connectivity index (χ1n) is 10.9. The van der Waals surface area contributed by atoms with E-state index in [1.165, 1.54) is 77.0 Å². The molecule has 0 saturated carbocycles. The summed E-state index contributed by atoms with van der Waals surface area (Å²) in [6.45, 7) is 9.17. The van der Waals surface area contributed by atoms with Gasteiger partial charge in [-0.05, 0) is 37.5 Å². The van der Waals surface area contributed by atoms with Crippen LogP contribution < -0.4 is 0 Å². The topological polar surface area (TPSA) is 20.3 Å². The minimum atomic E-state index is 0.401. The second kappa shape index (κ2) is 13.7. The molecule has 0 aromatic carbocycles. The highest BCUT2D eigenvalue weighted by Crippen LogP contribution is 2.22. The van der Waals surface area contributed by atoms with E-state index in [4.69, 9.17) is 0 Å². The second-order valence-corrected chi connectivity index (χ2v) is 8.34. The molecule has 24 heavy (non-hydrogen) atoms. The third kappa shape index (κ3) is 10.4. The zero-order valence-electron chi connectivity index (χ0n) is 16.8. The highest BCUT2D eigenvalue weighted by atomic mass is 16.2. The zero-order chi connectivity index (χ0) is 17.6. The lowest BCUT2D eigenvalue weighted by Crippen LogP contribution is -2.27.